The van der Waals surface area contributed by atoms with Crippen LogP contribution in [0.4, 0.5) is 0 Å². The van der Waals surface area contributed by atoms with Crippen molar-refractivity contribution in [1.82, 2.24) is 0 Å². The molecular weight excluding hydrogens is 172 g/mol. The molecule has 0 saturated heterocycles. The van der Waals surface area contributed by atoms with Crippen molar-refractivity contribution in [3.8, 4) is 0 Å². The SMILES string of the molecule is C=C(C)CO[Si](=O)OCC(=C)C. The van der Waals surface area contributed by atoms with Gasteiger partial charge in [-0.15, -0.1) is 0 Å². The van der Waals surface area contributed by atoms with Gasteiger partial charge in [-0.25, -0.2) is 0 Å². The van der Waals surface area contributed by atoms with Crippen LogP contribution in [0.1, 0.15) is 13.8 Å². The maximum atomic E-state index is 10.9. The van der Waals surface area contributed by atoms with Crippen molar-refractivity contribution in [3.63, 3.8) is 0 Å². The van der Waals surface area contributed by atoms with E-state index in [0.717, 1.165) is 11.1 Å². The molecular formula is C8H14O3Si. The van der Waals surface area contributed by atoms with E-state index in [2.05, 4.69) is 13.2 Å². The average Bonchev–Trinajstić information content (AvgIpc) is 1.96. The number of rotatable bonds is 6. The minimum atomic E-state index is -2.35. The third-order valence-corrected chi connectivity index (χ3v) is 1.63. The van der Waals surface area contributed by atoms with Crippen molar-refractivity contribution in [3.05, 3.63) is 24.3 Å². The van der Waals surface area contributed by atoms with Crippen molar-refractivity contribution >= 4 is 9.17 Å². The van der Waals surface area contributed by atoms with E-state index in [9.17, 15) is 4.46 Å². The topological polar surface area (TPSA) is 35.5 Å². The predicted octanol–water partition coefficient (Wildman–Crippen LogP) is 1.59. The summed E-state index contributed by atoms with van der Waals surface area (Å²) in [5, 5.41) is 0. The highest BCUT2D eigenvalue weighted by Gasteiger charge is 2.09. The minimum Gasteiger partial charge on any atom is -0.492 e. The van der Waals surface area contributed by atoms with Gasteiger partial charge >= 0.3 is 9.17 Å². The second-order valence-electron chi connectivity index (χ2n) is 2.74. The first kappa shape index (κ1) is 11.1. The highest BCUT2D eigenvalue weighted by atomic mass is 28.3. The van der Waals surface area contributed by atoms with Crippen molar-refractivity contribution in [1.29, 1.82) is 0 Å². The lowest BCUT2D eigenvalue weighted by Gasteiger charge is -2.04. The Kier molecular flexibility index (Phi) is 5.28. The first-order chi connectivity index (χ1) is 5.52. The second-order valence-corrected chi connectivity index (χ2v) is 3.82. The van der Waals surface area contributed by atoms with Crippen LogP contribution in [0, 0.1) is 0 Å². The molecule has 0 aromatic heterocycles. The van der Waals surface area contributed by atoms with Crippen LogP contribution in [-0.2, 0) is 13.3 Å². The van der Waals surface area contributed by atoms with E-state index in [1.54, 1.807) is 13.8 Å². The zero-order chi connectivity index (χ0) is 9.56. The summed E-state index contributed by atoms with van der Waals surface area (Å²) < 4.78 is 20.6. The molecule has 0 heterocycles. The Morgan fingerprint density at radius 3 is 1.75 bits per heavy atom. The fourth-order valence-electron chi connectivity index (χ4n) is 0.406. The van der Waals surface area contributed by atoms with Gasteiger partial charge in [-0.1, -0.05) is 13.2 Å². The fourth-order valence-corrected chi connectivity index (χ4v) is 1.22. The van der Waals surface area contributed by atoms with E-state index in [1.807, 2.05) is 0 Å². The minimum absolute atomic E-state index is 0.286. The van der Waals surface area contributed by atoms with Gasteiger partial charge in [0.05, 0.1) is 13.2 Å². The molecule has 0 radical (unpaired) electrons. The van der Waals surface area contributed by atoms with Gasteiger partial charge in [0.1, 0.15) is 0 Å². The lowest BCUT2D eigenvalue weighted by atomic mass is 10.4. The van der Waals surface area contributed by atoms with Gasteiger partial charge in [-0.2, -0.15) is 0 Å². The summed E-state index contributed by atoms with van der Waals surface area (Å²) in [6.45, 7) is 11.4. The molecule has 0 aromatic rings. The smallest absolute Gasteiger partial charge is 0.492 e. The van der Waals surface area contributed by atoms with Crippen molar-refractivity contribution in [2.45, 2.75) is 13.8 Å². The third kappa shape index (κ3) is 7.21. The van der Waals surface area contributed by atoms with E-state index in [0.29, 0.717) is 0 Å². The number of hydrogen-bond donors (Lipinski definition) is 0. The van der Waals surface area contributed by atoms with Gasteiger partial charge in [0.15, 0.2) is 0 Å². The Hall–Kier alpha value is -0.903. The first-order valence-electron chi connectivity index (χ1n) is 3.60. The zero-order valence-corrected chi connectivity index (χ0v) is 8.55. The maximum absolute atomic E-state index is 10.9. The molecule has 0 atom stereocenters. The summed E-state index contributed by atoms with van der Waals surface area (Å²) in [6, 6.07) is 0. The van der Waals surface area contributed by atoms with E-state index in [4.69, 9.17) is 8.85 Å². The van der Waals surface area contributed by atoms with Gasteiger partial charge in [0.2, 0.25) is 0 Å². The standard InChI is InChI=1S/C8H14O3Si/c1-7(2)5-10-12(9)11-6-8(3)4/h1,3,5-6H2,2,4H3. The van der Waals surface area contributed by atoms with E-state index in [-0.39, 0.29) is 13.2 Å². The summed E-state index contributed by atoms with van der Waals surface area (Å²) >= 11 is 0. The second kappa shape index (κ2) is 5.71. The lowest BCUT2D eigenvalue weighted by Crippen LogP contribution is -2.14. The van der Waals surface area contributed by atoms with Crippen molar-refractivity contribution in [2.75, 3.05) is 13.2 Å². The van der Waals surface area contributed by atoms with Crippen LogP contribution in [0.3, 0.4) is 0 Å². The monoisotopic (exact) mass is 186 g/mol. The maximum Gasteiger partial charge on any atom is 0.767 e. The molecule has 0 aliphatic carbocycles. The van der Waals surface area contributed by atoms with Crippen LogP contribution < -0.4 is 0 Å². The lowest BCUT2D eigenvalue weighted by molar-refractivity contribution is 0.192. The molecule has 0 bridgehead atoms. The van der Waals surface area contributed by atoms with Gasteiger partial charge in [-0.05, 0) is 25.0 Å². The third-order valence-electron chi connectivity index (χ3n) is 0.873. The van der Waals surface area contributed by atoms with Crippen molar-refractivity contribution < 1.29 is 13.3 Å². The van der Waals surface area contributed by atoms with E-state index in [1.165, 1.54) is 0 Å². The van der Waals surface area contributed by atoms with Crippen LogP contribution in [0.15, 0.2) is 24.3 Å². The van der Waals surface area contributed by atoms with Crippen LogP contribution >= 0.6 is 0 Å². The average molecular weight is 186 g/mol. The molecule has 0 rings (SSSR count). The van der Waals surface area contributed by atoms with Gasteiger partial charge in [-0.3, -0.25) is 4.46 Å². The predicted molar refractivity (Wildman–Crippen MR) is 48.0 cm³/mol. The van der Waals surface area contributed by atoms with Crippen molar-refractivity contribution in [2.24, 2.45) is 0 Å². The Morgan fingerprint density at radius 2 is 1.50 bits per heavy atom. The summed E-state index contributed by atoms with van der Waals surface area (Å²) in [7, 11) is -2.35. The first-order valence-corrected chi connectivity index (χ1v) is 4.83. The van der Waals surface area contributed by atoms with Crippen LogP contribution in [0.2, 0.25) is 0 Å². The molecule has 0 aliphatic rings. The summed E-state index contributed by atoms with van der Waals surface area (Å²) in [5.74, 6) is 0. The zero-order valence-electron chi connectivity index (χ0n) is 7.55. The molecule has 0 amide bonds. The van der Waals surface area contributed by atoms with Crippen LogP contribution in [-0.4, -0.2) is 22.4 Å². The van der Waals surface area contributed by atoms with Gasteiger partial charge in [0.25, 0.3) is 0 Å². The highest BCUT2D eigenvalue weighted by Crippen LogP contribution is 1.92. The Bertz CT molecular complexity index is 178. The normalized spacial score (nSPS) is 8.83. The molecule has 68 valence electrons. The quantitative estimate of drug-likeness (QED) is 0.467. The largest absolute Gasteiger partial charge is 0.767 e. The molecule has 0 unspecified atom stereocenters. The number of hydrogen-bond acceptors (Lipinski definition) is 3. The van der Waals surface area contributed by atoms with E-state index < -0.39 is 9.17 Å². The Morgan fingerprint density at radius 1 is 1.17 bits per heavy atom. The Labute approximate surface area is 74.6 Å². The molecule has 12 heavy (non-hydrogen) atoms. The molecule has 3 nitrogen and oxygen atoms in total. The summed E-state index contributed by atoms with van der Waals surface area (Å²) in [6.07, 6.45) is 0. The molecule has 0 saturated carbocycles. The van der Waals surface area contributed by atoms with Crippen LogP contribution in [0.5, 0.6) is 0 Å². The van der Waals surface area contributed by atoms with E-state index >= 15 is 0 Å². The molecule has 0 aliphatic heterocycles. The van der Waals surface area contributed by atoms with Gasteiger partial charge < -0.3 is 8.85 Å². The molecule has 0 aromatic carbocycles. The molecule has 0 spiro atoms. The summed E-state index contributed by atoms with van der Waals surface area (Å²) in [5.41, 5.74) is 1.65. The molecule has 0 N–H and O–H groups in total. The van der Waals surface area contributed by atoms with Crippen LogP contribution in [0.25, 0.3) is 0 Å². The van der Waals surface area contributed by atoms with Gasteiger partial charge in [0, 0.05) is 0 Å². The summed E-state index contributed by atoms with van der Waals surface area (Å²) in [4.78, 5) is 0. The Balaban J connectivity index is 3.47. The molecule has 4 heteroatoms. The molecule has 0 fully saturated rings. The fraction of sp³-hybridized carbons (Fsp3) is 0.500. The highest BCUT2D eigenvalue weighted by molar-refractivity contribution is 6.26.